The van der Waals surface area contributed by atoms with Crippen molar-refractivity contribution in [2.24, 2.45) is 0 Å². The Labute approximate surface area is 188 Å². The number of hydrogen-bond acceptors (Lipinski definition) is 8. The van der Waals surface area contributed by atoms with Gasteiger partial charge in [0.05, 0.1) is 16.4 Å². The van der Waals surface area contributed by atoms with Crippen LogP contribution in [0.1, 0.15) is 25.0 Å². The van der Waals surface area contributed by atoms with Crippen molar-refractivity contribution in [1.29, 1.82) is 0 Å². The summed E-state index contributed by atoms with van der Waals surface area (Å²) in [6.07, 6.45) is 1.52. The van der Waals surface area contributed by atoms with Gasteiger partial charge in [-0.2, -0.15) is 0 Å². The van der Waals surface area contributed by atoms with E-state index >= 15 is 0 Å². The minimum Gasteiger partial charge on any atom is -0.488 e. The lowest BCUT2D eigenvalue weighted by Gasteiger charge is -2.19. The molecule has 1 aliphatic heterocycles. The van der Waals surface area contributed by atoms with Gasteiger partial charge in [-0.1, -0.05) is 30.3 Å². The first-order valence-corrected chi connectivity index (χ1v) is 10.5. The molecule has 0 aliphatic carbocycles. The maximum absolute atomic E-state index is 12.8. The lowest BCUT2D eigenvalue weighted by atomic mass is 10.1. The van der Waals surface area contributed by atoms with Crippen LogP contribution >= 0.6 is 11.8 Å². The number of nitro benzene ring substituents is 1. The largest absolute Gasteiger partial charge is 0.488 e. The fraction of sp³-hybridized carbons (Fsp3) is 0.227. The van der Waals surface area contributed by atoms with Crippen molar-refractivity contribution in [2.45, 2.75) is 26.5 Å². The molecule has 0 radical (unpaired) electrons. The maximum atomic E-state index is 12.8. The summed E-state index contributed by atoms with van der Waals surface area (Å²) >= 11 is 0.729. The molecule has 0 N–H and O–H groups in total. The van der Waals surface area contributed by atoms with Crippen molar-refractivity contribution in [3.63, 3.8) is 0 Å². The Balaban J connectivity index is 1.79. The van der Waals surface area contributed by atoms with Crippen LogP contribution in [0.5, 0.6) is 5.75 Å². The predicted octanol–water partition coefficient (Wildman–Crippen LogP) is 4.16. The third kappa shape index (κ3) is 5.14. The molecule has 10 heteroatoms. The van der Waals surface area contributed by atoms with Crippen molar-refractivity contribution in [3.8, 4) is 5.75 Å². The van der Waals surface area contributed by atoms with Gasteiger partial charge in [0.2, 0.25) is 0 Å². The Kier molecular flexibility index (Phi) is 7.26. The average Bonchev–Trinajstić information content (AvgIpc) is 3.05. The van der Waals surface area contributed by atoms with E-state index in [1.165, 1.54) is 25.1 Å². The summed E-state index contributed by atoms with van der Waals surface area (Å²) in [4.78, 5) is 48.6. The Hall–Kier alpha value is -3.66. The molecule has 3 rings (SSSR count). The molecule has 9 nitrogen and oxygen atoms in total. The van der Waals surface area contributed by atoms with Crippen LogP contribution in [0, 0.1) is 10.1 Å². The van der Waals surface area contributed by atoms with Crippen molar-refractivity contribution in [1.82, 2.24) is 4.90 Å². The Morgan fingerprint density at radius 2 is 1.97 bits per heavy atom. The molecule has 2 amide bonds. The van der Waals surface area contributed by atoms with Crippen molar-refractivity contribution < 1.29 is 28.8 Å². The van der Waals surface area contributed by atoms with Gasteiger partial charge in [-0.05, 0) is 43.3 Å². The standard InChI is InChI=1S/C22H20N2O7S/c1-3-30-21(26)14(2)23-20(25)19(32-22(23)27)12-16-8-4-5-10-18(16)31-13-15-7-6-9-17(11-15)24(28)29/h4-12,14H,3,13H2,1-2H3/b19-12+/t14-/m1/s1. The number of benzene rings is 2. The SMILES string of the molecule is CCOC(=O)[C@@H](C)N1C(=O)S/C(=C/c2ccccc2OCc2cccc([N+](=O)[O-])c2)C1=O. The third-order valence-corrected chi connectivity index (χ3v) is 5.44. The number of amides is 2. The minimum absolute atomic E-state index is 0.0382. The number of carbonyl (C=O) groups excluding carboxylic acids is 3. The number of carbonyl (C=O) groups is 3. The van der Waals surface area contributed by atoms with Crippen LogP contribution in [0.4, 0.5) is 10.5 Å². The van der Waals surface area contributed by atoms with E-state index in [4.69, 9.17) is 9.47 Å². The number of hydrogen-bond donors (Lipinski definition) is 0. The highest BCUT2D eigenvalue weighted by Gasteiger charge is 2.41. The molecule has 0 saturated carbocycles. The highest BCUT2D eigenvalue weighted by Crippen LogP contribution is 2.35. The molecule has 2 aromatic carbocycles. The number of imide groups is 1. The summed E-state index contributed by atoms with van der Waals surface area (Å²) in [6, 6.07) is 12.0. The molecule has 1 aliphatic rings. The molecular formula is C22H20N2O7S. The Bertz CT molecular complexity index is 1100. The molecule has 1 heterocycles. The molecule has 0 spiro atoms. The molecule has 0 unspecified atom stereocenters. The summed E-state index contributed by atoms with van der Waals surface area (Å²) in [6.45, 7) is 3.30. The topological polar surface area (TPSA) is 116 Å². The molecule has 0 aromatic heterocycles. The van der Waals surface area contributed by atoms with Crippen molar-refractivity contribution in [3.05, 3.63) is 74.7 Å². The van der Waals surface area contributed by atoms with Crippen LogP contribution in [-0.4, -0.2) is 39.6 Å². The van der Waals surface area contributed by atoms with Gasteiger partial charge in [0, 0.05) is 17.7 Å². The molecule has 0 bridgehead atoms. The van der Waals surface area contributed by atoms with Gasteiger partial charge in [0.25, 0.3) is 16.8 Å². The molecular weight excluding hydrogens is 436 g/mol. The van der Waals surface area contributed by atoms with E-state index in [9.17, 15) is 24.5 Å². The minimum atomic E-state index is -1.03. The van der Waals surface area contributed by atoms with Crippen LogP contribution in [0.25, 0.3) is 6.08 Å². The van der Waals surface area contributed by atoms with Crippen molar-refractivity contribution in [2.75, 3.05) is 6.61 Å². The first-order valence-electron chi connectivity index (χ1n) is 9.70. The van der Waals surface area contributed by atoms with Gasteiger partial charge < -0.3 is 9.47 Å². The maximum Gasteiger partial charge on any atom is 0.329 e. The number of non-ortho nitro benzene ring substituents is 1. The fourth-order valence-electron chi connectivity index (χ4n) is 2.98. The van der Waals surface area contributed by atoms with Gasteiger partial charge in [-0.3, -0.25) is 24.6 Å². The molecule has 32 heavy (non-hydrogen) atoms. The van der Waals surface area contributed by atoms with E-state index in [0.717, 1.165) is 16.7 Å². The highest BCUT2D eigenvalue weighted by atomic mass is 32.2. The number of nitrogens with zero attached hydrogens (tertiary/aromatic N) is 2. The quantitative estimate of drug-likeness (QED) is 0.252. The van der Waals surface area contributed by atoms with Gasteiger partial charge >= 0.3 is 5.97 Å². The lowest BCUT2D eigenvalue weighted by Crippen LogP contribution is -2.42. The molecule has 1 saturated heterocycles. The zero-order valence-corrected chi connectivity index (χ0v) is 18.2. The number of para-hydroxylation sites is 1. The zero-order chi connectivity index (χ0) is 23.3. The van der Waals surface area contributed by atoms with E-state index < -0.39 is 28.1 Å². The number of ether oxygens (including phenoxy) is 2. The van der Waals surface area contributed by atoms with E-state index in [2.05, 4.69) is 0 Å². The summed E-state index contributed by atoms with van der Waals surface area (Å²) in [5.74, 6) is -0.810. The van der Waals surface area contributed by atoms with Gasteiger partial charge in [0.1, 0.15) is 18.4 Å². The third-order valence-electron chi connectivity index (χ3n) is 4.56. The van der Waals surface area contributed by atoms with E-state index in [1.807, 2.05) is 0 Å². The zero-order valence-electron chi connectivity index (χ0n) is 17.3. The number of nitro groups is 1. The molecule has 166 valence electrons. The van der Waals surface area contributed by atoms with Gasteiger partial charge in [-0.25, -0.2) is 4.79 Å². The van der Waals surface area contributed by atoms with E-state index in [0.29, 0.717) is 16.9 Å². The Morgan fingerprint density at radius 3 is 2.69 bits per heavy atom. The average molecular weight is 456 g/mol. The monoisotopic (exact) mass is 456 g/mol. The van der Waals surface area contributed by atoms with Crippen LogP contribution in [0.2, 0.25) is 0 Å². The molecule has 2 aromatic rings. The smallest absolute Gasteiger partial charge is 0.329 e. The summed E-state index contributed by atoms with van der Waals surface area (Å²) in [5.41, 5.74) is 1.12. The van der Waals surface area contributed by atoms with E-state index in [-0.39, 0.29) is 23.8 Å². The van der Waals surface area contributed by atoms with E-state index in [1.54, 1.807) is 43.3 Å². The van der Waals surface area contributed by atoms with Crippen molar-refractivity contribution >= 4 is 40.6 Å². The molecule has 1 atom stereocenters. The second kappa shape index (κ2) is 10.1. The van der Waals surface area contributed by atoms with Gasteiger partial charge in [-0.15, -0.1) is 0 Å². The first-order chi connectivity index (χ1) is 15.3. The second-order valence-corrected chi connectivity index (χ2v) is 7.73. The summed E-state index contributed by atoms with van der Waals surface area (Å²) < 4.78 is 10.7. The lowest BCUT2D eigenvalue weighted by molar-refractivity contribution is -0.384. The fourth-order valence-corrected chi connectivity index (χ4v) is 3.87. The first kappa shape index (κ1) is 23.0. The predicted molar refractivity (Wildman–Crippen MR) is 118 cm³/mol. The van der Waals surface area contributed by atoms with Crippen LogP contribution < -0.4 is 4.74 Å². The summed E-state index contributed by atoms with van der Waals surface area (Å²) in [7, 11) is 0. The number of esters is 1. The number of thioether (sulfide) groups is 1. The highest BCUT2D eigenvalue weighted by molar-refractivity contribution is 8.18. The van der Waals surface area contributed by atoms with Gasteiger partial charge in [0.15, 0.2) is 0 Å². The molecule has 1 fully saturated rings. The second-order valence-electron chi connectivity index (χ2n) is 6.73. The number of rotatable bonds is 8. The normalized spacial score (nSPS) is 15.7. The summed E-state index contributed by atoms with van der Waals surface area (Å²) in [5, 5.41) is 10.4. The van der Waals surface area contributed by atoms with Crippen LogP contribution in [-0.2, 0) is 20.9 Å². The Morgan fingerprint density at radius 1 is 1.22 bits per heavy atom. The van der Waals surface area contributed by atoms with Crippen LogP contribution in [0.15, 0.2) is 53.4 Å². The van der Waals surface area contributed by atoms with Crippen LogP contribution in [0.3, 0.4) is 0 Å².